The first kappa shape index (κ1) is 21.0. The highest BCUT2D eigenvalue weighted by molar-refractivity contribution is 5.93. The number of hydrogen-bond donors (Lipinski definition) is 1. The summed E-state index contributed by atoms with van der Waals surface area (Å²) in [5, 5.41) is 18.9. The van der Waals surface area contributed by atoms with Gasteiger partial charge in [0.15, 0.2) is 11.6 Å². The van der Waals surface area contributed by atoms with Crippen LogP contribution in [0.1, 0.15) is 41.7 Å². The highest BCUT2D eigenvalue weighted by atomic mass is 19.2. The molecular weight excluding hydrogens is 432 g/mol. The average Bonchev–Trinajstić information content (AvgIpc) is 3.45. The first-order valence-electron chi connectivity index (χ1n) is 10.7. The van der Waals surface area contributed by atoms with Crippen molar-refractivity contribution in [3.63, 3.8) is 0 Å². The van der Waals surface area contributed by atoms with E-state index in [1.165, 1.54) is 18.5 Å². The minimum absolute atomic E-state index is 0.0388. The van der Waals surface area contributed by atoms with Gasteiger partial charge in [-0.1, -0.05) is 0 Å². The fraction of sp³-hybridized carbons (Fsp3) is 0.381. The van der Waals surface area contributed by atoms with E-state index in [0.29, 0.717) is 17.0 Å². The molecule has 0 spiro atoms. The van der Waals surface area contributed by atoms with Crippen molar-refractivity contribution in [2.45, 2.75) is 45.2 Å². The first-order valence-corrected chi connectivity index (χ1v) is 10.7. The third-order valence-electron chi connectivity index (χ3n) is 6.03. The number of tetrazole rings is 1. The Labute approximate surface area is 187 Å². The SMILES string of the molecule is Cc1nn(-c2ncc(C(=O)NC3CCC(Cn4cnnn4)CC3)cn2)c2c(F)c(F)ccc12. The predicted molar refractivity (Wildman–Crippen MR) is 112 cm³/mol. The van der Waals surface area contributed by atoms with E-state index in [1.54, 1.807) is 17.9 Å². The van der Waals surface area contributed by atoms with Gasteiger partial charge in [-0.05, 0) is 61.1 Å². The summed E-state index contributed by atoms with van der Waals surface area (Å²) in [4.78, 5) is 21.0. The number of amides is 1. The van der Waals surface area contributed by atoms with Crippen LogP contribution in [0.4, 0.5) is 8.78 Å². The molecule has 1 aliphatic carbocycles. The third kappa shape index (κ3) is 4.15. The highest BCUT2D eigenvalue weighted by Crippen LogP contribution is 2.26. The van der Waals surface area contributed by atoms with E-state index < -0.39 is 11.6 Å². The maximum absolute atomic E-state index is 14.4. The van der Waals surface area contributed by atoms with Crippen LogP contribution in [-0.2, 0) is 6.54 Å². The molecule has 33 heavy (non-hydrogen) atoms. The van der Waals surface area contributed by atoms with Crippen LogP contribution in [0.3, 0.4) is 0 Å². The number of aromatic nitrogens is 8. The molecule has 3 heterocycles. The number of carbonyl (C=O) groups excluding carboxylic acids is 1. The predicted octanol–water partition coefficient (Wildman–Crippen LogP) is 2.38. The van der Waals surface area contributed by atoms with Gasteiger partial charge in [0.2, 0.25) is 0 Å². The van der Waals surface area contributed by atoms with Crippen molar-refractivity contribution in [1.29, 1.82) is 0 Å². The lowest BCUT2D eigenvalue weighted by atomic mass is 9.86. The van der Waals surface area contributed by atoms with Crippen LogP contribution in [-0.4, -0.2) is 51.9 Å². The number of aryl methyl sites for hydroxylation is 1. The van der Waals surface area contributed by atoms with E-state index in [2.05, 4.69) is 35.9 Å². The van der Waals surface area contributed by atoms with Crippen molar-refractivity contribution in [2.24, 2.45) is 5.92 Å². The molecule has 0 atom stereocenters. The lowest BCUT2D eigenvalue weighted by molar-refractivity contribution is 0.0919. The second-order valence-electron chi connectivity index (χ2n) is 8.25. The Balaban J connectivity index is 1.25. The molecule has 1 amide bonds. The van der Waals surface area contributed by atoms with E-state index in [9.17, 15) is 13.6 Å². The summed E-state index contributed by atoms with van der Waals surface area (Å²) in [6.45, 7) is 2.46. The average molecular weight is 453 g/mol. The minimum Gasteiger partial charge on any atom is -0.349 e. The monoisotopic (exact) mass is 453 g/mol. The number of rotatable bonds is 5. The minimum atomic E-state index is -1.02. The maximum Gasteiger partial charge on any atom is 0.254 e. The van der Waals surface area contributed by atoms with Crippen LogP contribution in [0.15, 0.2) is 30.9 Å². The smallest absolute Gasteiger partial charge is 0.254 e. The number of hydrogen-bond acceptors (Lipinski definition) is 7. The Morgan fingerprint density at radius 3 is 2.61 bits per heavy atom. The number of nitrogens with one attached hydrogen (secondary N) is 1. The lowest BCUT2D eigenvalue weighted by Crippen LogP contribution is -2.38. The fourth-order valence-electron chi connectivity index (χ4n) is 4.27. The van der Waals surface area contributed by atoms with Gasteiger partial charge in [-0.3, -0.25) is 4.79 Å². The van der Waals surface area contributed by atoms with Crippen molar-refractivity contribution < 1.29 is 13.6 Å². The molecule has 0 radical (unpaired) electrons. The van der Waals surface area contributed by atoms with Crippen molar-refractivity contribution in [3.8, 4) is 5.95 Å². The fourth-order valence-corrected chi connectivity index (χ4v) is 4.27. The van der Waals surface area contributed by atoms with E-state index in [-0.39, 0.29) is 29.0 Å². The molecule has 1 aliphatic rings. The molecule has 0 saturated heterocycles. The molecule has 10 nitrogen and oxygen atoms in total. The molecule has 170 valence electrons. The number of fused-ring (bicyclic) bond motifs is 1. The normalized spacial score (nSPS) is 18.5. The molecule has 1 fully saturated rings. The largest absolute Gasteiger partial charge is 0.349 e. The Hall–Kier alpha value is -3.83. The van der Waals surface area contributed by atoms with Gasteiger partial charge in [-0.15, -0.1) is 5.10 Å². The van der Waals surface area contributed by atoms with Gasteiger partial charge in [0, 0.05) is 30.4 Å². The van der Waals surface area contributed by atoms with Crippen LogP contribution in [0.2, 0.25) is 0 Å². The van der Waals surface area contributed by atoms with Crippen molar-refractivity contribution in [1.82, 2.24) is 45.3 Å². The van der Waals surface area contributed by atoms with Gasteiger partial charge >= 0.3 is 0 Å². The molecule has 0 bridgehead atoms. The van der Waals surface area contributed by atoms with E-state index in [0.717, 1.165) is 43.0 Å². The van der Waals surface area contributed by atoms with Gasteiger partial charge in [0.25, 0.3) is 11.9 Å². The summed E-state index contributed by atoms with van der Waals surface area (Å²) in [5.41, 5.74) is 0.766. The molecular formula is C21H21F2N9O. The summed E-state index contributed by atoms with van der Waals surface area (Å²) in [6, 6.07) is 2.59. The zero-order valence-corrected chi connectivity index (χ0v) is 17.8. The number of benzene rings is 1. The van der Waals surface area contributed by atoms with Gasteiger partial charge in [0.05, 0.1) is 11.3 Å². The number of carbonyl (C=O) groups is 1. The zero-order valence-electron chi connectivity index (χ0n) is 17.8. The van der Waals surface area contributed by atoms with Crippen molar-refractivity contribution >= 4 is 16.8 Å². The van der Waals surface area contributed by atoms with Crippen LogP contribution in [0.5, 0.6) is 0 Å². The van der Waals surface area contributed by atoms with Crippen LogP contribution < -0.4 is 5.32 Å². The van der Waals surface area contributed by atoms with E-state index in [4.69, 9.17) is 0 Å². The second kappa shape index (κ2) is 8.60. The van der Waals surface area contributed by atoms with Crippen LogP contribution in [0.25, 0.3) is 16.9 Å². The van der Waals surface area contributed by atoms with Gasteiger partial charge in [-0.2, -0.15) is 9.78 Å². The van der Waals surface area contributed by atoms with E-state index >= 15 is 0 Å². The highest BCUT2D eigenvalue weighted by Gasteiger charge is 2.24. The molecule has 1 saturated carbocycles. The second-order valence-corrected chi connectivity index (χ2v) is 8.25. The number of halogens is 2. The summed E-state index contributed by atoms with van der Waals surface area (Å²) >= 11 is 0. The zero-order chi connectivity index (χ0) is 22.9. The number of nitrogens with zero attached hydrogens (tertiary/aromatic N) is 8. The van der Waals surface area contributed by atoms with Crippen molar-refractivity contribution in [2.75, 3.05) is 0 Å². The van der Waals surface area contributed by atoms with Crippen molar-refractivity contribution in [3.05, 3.63) is 53.7 Å². The topological polar surface area (TPSA) is 116 Å². The third-order valence-corrected chi connectivity index (χ3v) is 6.03. The molecule has 3 aromatic heterocycles. The Morgan fingerprint density at radius 2 is 1.91 bits per heavy atom. The summed E-state index contributed by atoms with van der Waals surface area (Å²) < 4.78 is 31.0. The standard InChI is InChI=1S/C21H21F2N9O/c1-12-16-6-7-17(22)18(23)19(16)32(28-12)21-24-8-14(9-25-21)20(33)27-15-4-2-13(3-5-15)10-31-11-26-29-30-31/h6-9,11,13,15H,2-5,10H2,1H3,(H,27,33). The van der Waals surface area contributed by atoms with Gasteiger partial charge < -0.3 is 5.32 Å². The molecule has 12 heteroatoms. The van der Waals surface area contributed by atoms with Gasteiger partial charge in [-0.25, -0.2) is 23.4 Å². The first-order chi connectivity index (χ1) is 16.0. The Morgan fingerprint density at radius 1 is 1.15 bits per heavy atom. The lowest BCUT2D eigenvalue weighted by Gasteiger charge is -2.28. The van der Waals surface area contributed by atoms with Crippen LogP contribution in [0, 0.1) is 24.5 Å². The molecule has 1 N–H and O–H groups in total. The quantitative estimate of drug-likeness (QED) is 0.493. The molecule has 0 unspecified atom stereocenters. The molecule has 4 aromatic rings. The van der Waals surface area contributed by atoms with Crippen LogP contribution >= 0.6 is 0 Å². The molecule has 1 aromatic carbocycles. The maximum atomic E-state index is 14.4. The van der Waals surface area contributed by atoms with Gasteiger partial charge in [0.1, 0.15) is 11.8 Å². The summed E-state index contributed by atoms with van der Waals surface area (Å²) in [7, 11) is 0. The van der Waals surface area contributed by atoms with E-state index in [1.807, 2.05) is 0 Å². The summed E-state index contributed by atoms with van der Waals surface area (Å²) in [6.07, 6.45) is 7.99. The Kier molecular flexibility index (Phi) is 5.48. The molecule has 0 aliphatic heterocycles. The summed E-state index contributed by atoms with van der Waals surface area (Å²) in [5.74, 6) is -1.75. The Bertz CT molecular complexity index is 1280. The molecule has 5 rings (SSSR count).